The number of anilines is 2. The summed E-state index contributed by atoms with van der Waals surface area (Å²) < 4.78 is 51.4. The fraction of sp³-hybridized carbons (Fsp3) is 0.324. The number of aromatic nitrogens is 1. The molecule has 2 amide bonds. The minimum atomic E-state index is -1.28. The average Bonchev–Trinajstić information content (AvgIpc) is 3.88. The van der Waals surface area contributed by atoms with Crippen LogP contribution in [-0.4, -0.2) is 73.7 Å². The second-order valence-electron chi connectivity index (χ2n) is 11.2. The highest BCUT2D eigenvalue weighted by Gasteiger charge is 2.56. The molecule has 2 aliphatic rings. The second kappa shape index (κ2) is 14.7. The molecular formula is C34H36F2N4O7. The number of fused-ring (bicyclic) bond motifs is 1. The molecule has 1 saturated carbocycles. The van der Waals surface area contributed by atoms with E-state index in [2.05, 4.69) is 20.5 Å². The summed E-state index contributed by atoms with van der Waals surface area (Å²) in [7, 11) is 1.55. The standard InChI is InChI=1S/C34H34F2N4O6.H2O/c1-43-30-20-25-27(21-31(30)45-16-2-13-40-14-17-44-18-15-40)37-12-9-28(25)46-29-8-7-24(19-26(29)36)39-33(42)34(10-11-34)32(41)38-23-5-3-22(35)4-6-23;/h3-9,12,19-21H,2,10-11,13-18H2,1H3,(H,38,41)(H,39,42);1H2. The van der Waals surface area contributed by atoms with E-state index in [0.717, 1.165) is 45.3 Å². The van der Waals surface area contributed by atoms with E-state index in [1.165, 1.54) is 36.4 Å². The summed E-state index contributed by atoms with van der Waals surface area (Å²) in [5.74, 6) is -0.871. The van der Waals surface area contributed by atoms with E-state index in [9.17, 15) is 14.0 Å². The molecule has 0 unspecified atom stereocenters. The molecule has 4 N–H and O–H groups in total. The van der Waals surface area contributed by atoms with Crippen LogP contribution >= 0.6 is 0 Å². The number of nitrogens with one attached hydrogen (secondary N) is 2. The summed E-state index contributed by atoms with van der Waals surface area (Å²) in [6.45, 7) is 4.76. The Kier molecular flexibility index (Phi) is 10.5. The van der Waals surface area contributed by atoms with E-state index in [4.69, 9.17) is 18.9 Å². The van der Waals surface area contributed by atoms with Crippen molar-refractivity contribution in [2.75, 3.05) is 57.2 Å². The van der Waals surface area contributed by atoms with Gasteiger partial charge < -0.3 is 35.1 Å². The molecule has 6 rings (SSSR count). The predicted molar refractivity (Wildman–Crippen MR) is 171 cm³/mol. The number of benzene rings is 3. The van der Waals surface area contributed by atoms with Crippen LogP contribution in [0, 0.1) is 17.0 Å². The van der Waals surface area contributed by atoms with Crippen LogP contribution in [0.4, 0.5) is 20.2 Å². The molecule has 1 saturated heterocycles. The third kappa shape index (κ3) is 7.76. The number of ether oxygens (including phenoxy) is 4. The number of hydrogen-bond acceptors (Lipinski definition) is 8. The highest BCUT2D eigenvalue weighted by molar-refractivity contribution is 6.16. The van der Waals surface area contributed by atoms with Gasteiger partial charge >= 0.3 is 0 Å². The minimum Gasteiger partial charge on any atom is -0.493 e. The first-order valence-corrected chi connectivity index (χ1v) is 15.1. The monoisotopic (exact) mass is 650 g/mol. The number of nitrogens with zero attached hydrogens (tertiary/aromatic N) is 2. The molecule has 1 aromatic heterocycles. The first kappa shape index (κ1) is 33.5. The third-order valence-corrected chi connectivity index (χ3v) is 8.10. The van der Waals surface area contributed by atoms with Crippen molar-refractivity contribution in [3.63, 3.8) is 0 Å². The summed E-state index contributed by atoms with van der Waals surface area (Å²) in [6, 6.07) is 14.4. The fourth-order valence-corrected chi connectivity index (χ4v) is 5.28. The lowest BCUT2D eigenvalue weighted by molar-refractivity contribution is -0.131. The molecule has 1 aliphatic heterocycles. The Morgan fingerprint density at radius 2 is 1.60 bits per heavy atom. The van der Waals surface area contributed by atoms with Crippen LogP contribution in [0.3, 0.4) is 0 Å². The number of carbonyl (C=O) groups is 2. The average molecular weight is 651 g/mol. The lowest BCUT2D eigenvalue weighted by atomic mass is 10.0. The number of methoxy groups -OCH3 is 1. The molecular weight excluding hydrogens is 614 g/mol. The molecule has 2 heterocycles. The maximum Gasteiger partial charge on any atom is 0.240 e. The Hall–Kier alpha value is -4.85. The van der Waals surface area contributed by atoms with Crippen molar-refractivity contribution in [3.8, 4) is 23.0 Å². The lowest BCUT2D eigenvalue weighted by Gasteiger charge is -2.26. The highest BCUT2D eigenvalue weighted by Crippen LogP contribution is 2.47. The van der Waals surface area contributed by atoms with Crippen LogP contribution in [0.2, 0.25) is 0 Å². The van der Waals surface area contributed by atoms with Crippen molar-refractivity contribution in [1.29, 1.82) is 0 Å². The summed E-state index contributed by atoms with van der Waals surface area (Å²) in [4.78, 5) is 32.7. The molecule has 0 spiro atoms. The second-order valence-corrected chi connectivity index (χ2v) is 11.2. The first-order chi connectivity index (χ1) is 22.3. The summed E-state index contributed by atoms with van der Waals surface area (Å²) in [6.07, 6.45) is 3.09. The van der Waals surface area contributed by atoms with E-state index >= 15 is 4.39 Å². The molecule has 4 aromatic rings. The quantitative estimate of drug-likeness (QED) is 0.162. The first-order valence-electron chi connectivity index (χ1n) is 15.1. The fourth-order valence-electron chi connectivity index (χ4n) is 5.28. The van der Waals surface area contributed by atoms with Crippen LogP contribution in [0.25, 0.3) is 10.9 Å². The van der Waals surface area contributed by atoms with Crippen molar-refractivity contribution >= 4 is 34.1 Å². The van der Waals surface area contributed by atoms with Crippen LogP contribution in [-0.2, 0) is 14.3 Å². The van der Waals surface area contributed by atoms with Crippen LogP contribution in [0.1, 0.15) is 19.3 Å². The van der Waals surface area contributed by atoms with Gasteiger partial charge in [-0.05, 0) is 67.8 Å². The van der Waals surface area contributed by atoms with Crippen LogP contribution in [0.5, 0.6) is 23.0 Å². The Morgan fingerprint density at radius 3 is 2.28 bits per heavy atom. The Morgan fingerprint density at radius 1 is 0.894 bits per heavy atom. The zero-order chi connectivity index (χ0) is 32.1. The number of hydrogen-bond donors (Lipinski definition) is 2. The number of morpholine rings is 1. The van der Waals surface area contributed by atoms with E-state index in [0.29, 0.717) is 53.3 Å². The van der Waals surface area contributed by atoms with E-state index in [1.54, 1.807) is 31.5 Å². The predicted octanol–water partition coefficient (Wildman–Crippen LogP) is 4.95. The zero-order valence-corrected chi connectivity index (χ0v) is 25.8. The number of amides is 2. The van der Waals surface area contributed by atoms with Gasteiger partial charge in [0.05, 0.1) is 32.4 Å². The van der Waals surface area contributed by atoms with Gasteiger partial charge in [-0.2, -0.15) is 0 Å². The molecule has 47 heavy (non-hydrogen) atoms. The molecule has 0 bridgehead atoms. The maximum atomic E-state index is 15.2. The largest absolute Gasteiger partial charge is 0.493 e. The van der Waals surface area contributed by atoms with Crippen molar-refractivity contribution in [1.82, 2.24) is 9.88 Å². The maximum absolute atomic E-state index is 15.2. The molecule has 13 heteroatoms. The number of carbonyl (C=O) groups excluding carboxylic acids is 2. The van der Waals surface area contributed by atoms with E-state index in [1.807, 2.05) is 0 Å². The van der Waals surface area contributed by atoms with E-state index < -0.39 is 28.9 Å². The van der Waals surface area contributed by atoms with Gasteiger partial charge in [-0.3, -0.25) is 19.5 Å². The summed E-state index contributed by atoms with van der Waals surface area (Å²) in [5.41, 5.74) is -0.144. The topological polar surface area (TPSA) is 143 Å². The molecule has 248 valence electrons. The molecule has 3 aromatic carbocycles. The lowest BCUT2D eigenvalue weighted by Crippen LogP contribution is -2.37. The third-order valence-electron chi connectivity index (χ3n) is 8.10. The molecule has 2 fully saturated rings. The van der Waals surface area contributed by atoms with Crippen molar-refractivity contribution in [2.24, 2.45) is 5.41 Å². The van der Waals surface area contributed by atoms with E-state index in [-0.39, 0.29) is 16.9 Å². The SMILES string of the molecule is COc1cc2c(Oc3ccc(NC(=O)C4(C(=O)Nc5ccc(F)cc5)CC4)cc3F)ccnc2cc1OCCCN1CCOCC1.O. The molecule has 11 nitrogen and oxygen atoms in total. The van der Waals surface area contributed by atoms with Gasteiger partial charge in [0.15, 0.2) is 23.1 Å². The Bertz CT molecular complexity index is 1730. The minimum absolute atomic E-state index is 0. The normalized spacial score (nSPS) is 15.3. The van der Waals surface area contributed by atoms with Gasteiger partial charge in [0.2, 0.25) is 11.8 Å². The van der Waals surface area contributed by atoms with Crippen LogP contribution < -0.4 is 24.8 Å². The van der Waals surface area contributed by atoms with Gasteiger partial charge in [0.25, 0.3) is 0 Å². The number of halogens is 2. The van der Waals surface area contributed by atoms with Gasteiger partial charge in [0, 0.05) is 54.7 Å². The van der Waals surface area contributed by atoms with Gasteiger partial charge in [-0.15, -0.1) is 0 Å². The number of pyridine rings is 1. The van der Waals surface area contributed by atoms with Gasteiger partial charge in [-0.1, -0.05) is 0 Å². The summed E-state index contributed by atoms with van der Waals surface area (Å²) in [5, 5.41) is 5.89. The van der Waals surface area contributed by atoms with Gasteiger partial charge in [0.1, 0.15) is 17.0 Å². The Balaban J connectivity index is 0.00000433. The van der Waals surface area contributed by atoms with Gasteiger partial charge in [-0.25, -0.2) is 8.78 Å². The smallest absolute Gasteiger partial charge is 0.240 e. The highest BCUT2D eigenvalue weighted by atomic mass is 19.1. The molecule has 0 atom stereocenters. The summed E-state index contributed by atoms with van der Waals surface area (Å²) >= 11 is 0. The zero-order valence-electron chi connectivity index (χ0n) is 25.8. The Labute approximate surface area is 270 Å². The molecule has 0 radical (unpaired) electrons. The van der Waals surface area contributed by atoms with Crippen molar-refractivity contribution in [3.05, 3.63) is 78.5 Å². The molecule has 1 aliphatic carbocycles. The van der Waals surface area contributed by atoms with Crippen molar-refractivity contribution in [2.45, 2.75) is 19.3 Å². The van der Waals surface area contributed by atoms with Crippen molar-refractivity contribution < 1.29 is 42.8 Å². The van der Waals surface area contributed by atoms with Crippen LogP contribution in [0.15, 0.2) is 66.9 Å². The number of rotatable bonds is 12.